The van der Waals surface area contributed by atoms with E-state index in [1.807, 2.05) is 20.8 Å². The first kappa shape index (κ1) is 23.4. The number of carbonyl (C=O) groups is 1. The summed E-state index contributed by atoms with van der Waals surface area (Å²) in [5, 5.41) is 9.59. The molecule has 3 aromatic rings. The molecular formula is C22H23F2N3O4S. The van der Waals surface area contributed by atoms with Gasteiger partial charge in [-0.25, -0.2) is 26.6 Å². The number of amides is 1. The fourth-order valence-electron chi connectivity index (χ4n) is 3.26. The average Bonchev–Trinajstić information content (AvgIpc) is 3.11. The van der Waals surface area contributed by atoms with Gasteiger partial charge in [0.05, 0.1) is 22.7 Å². The van der Waals surface area contributed by atoms with Gasteiger partial charge in [0.25, 0.3) is 10.0 Å². The topological polar surface area (TPSA) is 92.5 Å². The molecule has 0 fully saturated rings. The predicted octanol–water partition coefficient (Wildman–Crippen LogP) is 4.59. The number of hydrogen-bond acceptors (Lipinski definition) is 4. The van der Waals surface area contributed by atoms with Gasteiger partial charge < -0.3 is 10.0 Å². The molecule has 170 valence electrons. The largest absolute Gasteiger partial charge is 0.465 e. The summed E-state index contributed by atoms with van der Waals surface area (Å²) in [6.07, 6.45) is 1.32. The molecule has 1 amide bonds. The summed E-state index contributed by atoms with van der Waals surface area (Å²) in [5.41, 5.74) is -0.0712. The zero-order valence-electron chi connectivity index (χ0n) is 17.8. The van der Waals surface area contributed by atoms with Crippen molar-refractivity contribution in [3.63, 3.8) is 0 Å². The summed E-state index contributed by atoms with van der Waals surface area (Å²) in [6, 6.07) is 8.49. The van der Waals surface area contributed by atoms with Crippen molar-refractivity contribution in [1.29, 1.82) is 0 Å². The minimum Gasteiger partial charge on any atom is -0.465 e. The lowest BCUT2D eigenvalue weighted by Gasteiger charge is -2.27. The molecule has 0 saturated heterocycles. The summed E-state index contributed by atoms with van der Waals surface area (Å²) in [4.78, 5) is 16.3. The average molecular weight is 464 g/mol. The van der Waals surface area contributed by atoms with Gasteiger partial charge in [-0.2, -0.15) is 4.39 Å². The lowest BCUT2D eigenvalue weighted by Crippen LogP contribution is -2.36. The van der Waals surface area contributed by atoms with Crippen molar-refractivity contribution in [2.24, 2.45) is 5.41 Å². The van der Waals surface area contributed by atoms with Crippen LogP contribution in [-0.2, 0) is 16.6 Å². The Labute approximate surface area is 185 Å². The van der Waals surface area contributed by atoms with Crippen LogP contribution in [0.3, 0.4) is 0 Å². The van der Waals surface area contributed by atoms with Crippen molar-refractivity contribution >= 4 is 16.1 Å². The Hall–Kier alpha value is -3.27. The molecule has 0 unspecified atom stereocenters. The number of nitrogens with zero attached hydrogens (tertiary/aromatic N) is 3. The second-order valence-corrected chi connectivity index (χ2v) is 10.3. The highest BCUT2D eigenvalue weighted by molar-refractivity contribution is 7.90. The van der Waals surface area contributed by atoms with E-state index in [4.69, 9.17) is 0 Å². The first-order chi connectivity index (χ1) is 14.9. The third-order valence-corrected chi connectivity index (χ3v) is 6.25. The predicted molar refractivity (Wildman–Crippen MR) is 114 cm³/mol. The van der Waals surface area contributed by atoms with Crippen LogP contribution < -0.4 is 0 Å². The van der Waals surface area contributed by atoms with Gasteiger partial charge in [0.15, 0.2) is 0 Å². The van der Waals surface area contributed by atoms with E-state index in [1.165, 1.54) is 30.6 Å². The van der Waals surface area contributed by atoms with Gasteiger partial charge in [-0.15, -0.1) is 0 Å². The highest BCUT2D eigenvalue weighted by Crippen LogP contribution is 2.29. The normalized spacial score (nSPS) is 12.0. The Morgan fingerprint density at radius 3 is 2.38 bits per heavy atom. The number of benzene rings is 1. The Bertz CT molecular complexity index is 1230. The van der Waals surface area contributed by atoms with Crippen LogP contribution in [0.25, 0.3) is 11.3 Å². The molecule has 1 N–H and O–H groups in total. The Morgan fingerprint density at radius 2 is 1.81 bits per heavy atom. The maximum Gasteiger partial charge on any atom is 0.407 e. The second-order valence-electron chi connectivity index (χ2n) is 8.53. The molecule has 0 aliphatic heterocycles. The Kier molecular flexibility index (Phi) is 6.36. The standard InChI is InChI=1S/C22H23F2N3O4S/c1-22(2,3)14-26(21(28)29)12-15-11-19(18-5-4-10-25-20(18)24)27(13-15)32(30,31)17-8-6-16(23)7-9-17/h4-11,13H,12,14H2,1-3H3,(H,28,29). The SMILES string of the molecule is CC(C)(C)CN(Cc1cc(-c2cccnc2F)n(S(=O)(=O)c2ccc(F)cc2)c1)C(=O)O. The molecule has 32 heavy (non-hydrogen) atoms. The Balaban J connectivity index is 2.14. The quantitative estimate of drug-likeness (QED) is 0.540. The van der Waals surface area contributed by atoms with Gasteiger partial charge in [-0.1, -0.05) is 20.8 Å². The van der Waals surface area contributed by atoms with E-state index in [0.29, 0.717) is 5.56 Å². The van der Waals surface area contributed by atoms with Gasteiger partial charge in [0, 0.05) is 18.9 Å². The van der Waals surface area contributed by atoms with E-state index >= 15 is 0 Å². The Morgan fingerprint density at radius 1 is 1.16 bits per heavy atom. The molecule has 0 saturated carbocycles. The molecule has 0 bridgehead atoms. The van der Waals surface area contributed by atoms with E-state index in [1.54, 1.807) is 0 Å². The van der Waals surface area contributed by atoms with E-state index in [0.717, 1.165) is 33.1 Å². The fourth-order valence-corrected chi connectivity index (χ4v) is 4.65. The van der Waals surface area contributed by atoms with Crippen LogP contribution in [0.1, 0.15) is 26.3 Å². The van der Waals surface area contributed by atoms with Crippen LogP contribution in [0.15, 0.2) is 59.8 Å². The summed E-state index contributed by atoms with van der Waals surface area (Å²) < 4.78 is 55.2. The maximum atomic E-state index is 14.4. The molecule has 10 heteroatoms. The second kappa shape index (κ2) is 8.70. The molecule has 0 aliphatic carbocycles. The van der Waals surface area contributed by atoms with Crippen LogP contribution in [0.2, 0.25) is 0 Å². The van der Waals surface area contributed by atoms with Gasteiger partial charge >= 0.3 is 6.09 Å². The van der Waals surface area contributed by atoms with Gasteiger partial charge in [-0.3, -0.25) is 0 Å². The smallest absolute Gasteiger partial charge is 0.407 e. The summed E-state index contributed by atoms with van der Waals surface area (Å²) in [5.74, 6) is -1.48. The van der Waals surface area contributed by atoms with Gasteiger partial charge in [0.1, 0.15) is 5.82 Å². The summed E-state index contributed by atoms with van der Waals surface area (Å²) in [7, 11) is -4.23. The summed E-state index contributed by atoms with van der Waals surface area (Å²) in [6.45, 7) is 5.74. The van der Waals surface area contributed by atoms with E-state index in [9.17, 15) is 27.1 Å². The fraction of sp³-hybridized carbons (Fsp3) is 0.273. The zero-order valence-corrected chi connectivity index (χ0v) is 18.6. The van der Waals surface area contributed by atoms with Gasteiger partial charge in [0.2, 0.25) is 5.95 Å². The molecule has 7 nitrogen and oxygen atoms in total. The number of halogens is 2. The summed E-state index contributed by atoms with van der Waals surface area (Å²) >= 11 is 0. The maximum absolute atomic E-state index is 14.4. The molecular weight excluding hydrogens is 440 g/mol. The third-order valence-electron chi connectivity index (χ3n) is 4.56. The van der Waals surface area contributed by atoms with Crippen molar-refractivity contribution in [1.82, 2.24) is 13.9 Å². The minimum atomic E-state index is -4.23. The molecule has 2 aromatic heterocycles. The lowest BCUT2D eigenvalue weighted by molar-refractivity contribution is 0.123. The van der Waals surface area contributed by atoms with E-state index in [-0.39, 0.29) is 34.7 Å². The number of hydrogen-bond donors (Lipinski definition) is 1. The number of pyridine rings is 1. The highest BCUT2D eigenvalue weighted by atomic mass is 32.2. The van der Waals surface area contributed by atoms with Crippen LogP contribution in [-0.4, -0.2) is 40.0 Å². The van der Waals surface area contributed by atoms with Crippen molar-refractivity contribution in [2.45, 2.75) is 32.2 Å². The molecule has 0 atom stereocenters. The van der Waals surface area contributed by atoms with Gasteiger partial charge in [-0.05, 0) is 53.4 Å². The van der Waals surface area contributed by atoms with Crippen molar-refractivity contribution in [3.05, 3.63) is 72.2 Å². The molecule has 1 aromatic carbocycles. The molecule has 0 radical (unpaired) electrons. The number of carboxylic acid groups (broad SMARTS) is 1. The van der Waals surface area contributed by atoms with Crippen molar-refractivity contribution in [3.8, 4) is 11.3 Å². The monoisotopic (exact) mass is 463 g/mol. The number of aromatic nitrogens is 2. The molecule has 0 spiro atoms. The van der Waals surface area contributed by atoms with Crippen LogP contribution >= 0.6 is 0 Å². The zero-order chi connectivity index (χ0) is 23.7. The molecule has 2 heterocycles. The van der Waals surface area contributed by atoms with E-state index < -0.39 is 27.9 Å². The van der Waals surface area contributed by atoms with Crippen LogP contribution in [0.5, 0.6) is 0 Å². The van der Waals surface area contributed by atoms with Crippen molar-refractivity contribution < 1.29 is 27.1 Å². The highest BCUT2D eigenvalue weighted by Gasteiger charge is 2.26. The first-order valence-corrected chi connectivity index (χ1v) is 11.1. The van der Waals surface area contributed by atoms with Crippen molar-refractivity contribution in [2.75, 3.05) is 6.54 Å². The molecule has 3 rings (SSSR count). The van der Waals surface area contributed by atoms with Crippen LogP contribution in [0.4, 0.5) is 13.6 Å². The van der Waals surface area contributed by atoms with E-state index in [2.05, 4.69) is 4.98 Å². The first-order valence-electron chi connectivity index (χ1n) is 9.70. The lowest BCUT2D eigenvalue weighted by atomic mass is 9.96. The number of rotatable bonds is 6. The van der Waals surface area contributed by atoms with Crippen LogP contribution in [0, 0.1) is 17.2 Å². The minimum absolute atomic E-state index is 0.0176. The third kappa shape index (κ3) is 5.13. The molecule has 0 aliphatic rings.